The van der Waals surface area contributed by atoms with Crippen molar-refractivity contribution in [2.24, 2.45) is 0 Å². The molecule has 1 aliphatic rings. The van der Waals surface area contributed by atoms with Gasteiger partial charge in [-0.3, -0.25) is 4.79 Å². The Kier molecular flexibility index (Phi) is 4.45. The minimum Gasteiger partial charge on any atom is -0.289 e. The number of thiocarbonyl (C=S) groups is 1. The number of carbonyl (C=O) groups excluding carboxylic acids is 1. The first-order valence-electron chi connectivity index (χ1n) is 10.0. The van der Waals surface area contributed by atoms with Gasteiger partial charge in [0.15, 0.2) is 5.78 Å². The third-order valence-electron chi connectivity index (χ3n) is 5.80. The maximum absolute atomic E-state index is 13.7. The van der Waals surface area contributed by atoms with Gasteiger partial charge in [0.1, 0.15) is 0 Å². The van der Waals surface area contributed by atoms with Gasteiger partial charge >= 0.3 is 0 Å². The largest absolute Gasteiger partial charge is 0.289 e. The molecule has 1 aliphatic carbocycles. The SMILES string of the molecule is Cc1ccc(-c2ccc(-c3ccc(C)cc3)c3c2C(=O)c2ccccc2C3=S)cc1. The Morgan fingerprint density at radius 1 is 0.533 bits per heavy atom. The smallest absolute Gasteiger partial charge is 0.194 e. The molecular weight excluding hydrogens is 384 g/mol. The van der Waals surface area contributed by atoms with Crippen molar-refractivity contribution >= 4 is 22.9 Å². The van der Waals surface area contributed by atoms with Crippen LogP contribution in [0.5, 0.6) is 0 Å². The van der Waals surface area contributed by atoms with Crippen LogP contribution in [0, 0.1) is 13.8 Å². The highest BCUT2D eigenvalue weighted by Crippen LogP contribution is 2.40. The zero-order valence-electron chi connectivity index (χ0n) is 16.9. The Labute approximate surface area is 182 Å². The van der Waals surface area contributed by atoms with Crippen molar-refractivity contribution < 1.29 is 4.79 Å². The maximum Gasteiger partial charge on any atom is 0.194 e. The molecule has 4 aromatic carbocycles. The summed E-state index contributed by atoms with van der Waals surface area (Å²) in [6.07, 6.45) is 0. The molecule has 30 heavy (non-hydrogen) atoms. The van der Waals surface area contributed by atoms with Gasteiger partial charge in [-0.2, -0.15) is 0 Å². The number of hydrogen-bond acceptors (Lipinski definition) is 2. The molecule has 0 saturated heterocycles. The number of hydrogen-bond donors (Lipinski definition) is 0. The molecule has 1 nitrogen and oxygen atoms in total. The van der Waals surface area contributed by atoms with Crippen molar-refractivity contribution in [3.63, 3.8) is 0 Å². The van der Waals surface area contributed by atoms with Crippen molar-refractivity contribution in [3.05, 3.63) is 118 Å². The highest BCUT2D eigenvalue weighted by molar-refractivity contribution is 7.81. The number of aryl methyl sites for hydroxylation is 2. The van der Waals surface area contributed by atoms with Gasteiger partial charge in [0, 0.05) is 22.3 Å². The predicted molar refractivity (Wildman–Crippen MR) is 127 cm³/mol. The van der Waals surface area contributed by atoms with Crippen LogP contribution < -0.4 is 0 Å². The van der Waals surface area contributed by atoms with Gasteiger partial charge < -0.3 is 0 Å². The fourth-order valence-corrected chi connectivity index (χ4v) is 4.56. The molecule has 0 spiro atoms. The van der Waals surface area contributed by atoms with Gasteiger partial charge in [-0.25, -0.2) is 0 Å². The van der Waals surface area contributed by atoms with Crippen molar-refractivity contribution in [1.29, 1.82) is 0 Å². The number of benzene rings is 4. The fraction of sp³-hybridized carbons (Fsp3) is 0.0714. The Morgan fingerprint density at radius 2 is 1.00 bits per heavy atom. The third kappa shape index (κ3) is 2.92. The first kappa shape index (κ1) is 18.7. The fourth-order valence-electron chi connectivity index (χ4n) is 4.17. The Hall–Kier alpha value is -3.36. The molecule has 0 saturated carbocycles. The molecule has 144 valence electrons. The lowest BCUT2D eigenvalue weighted by molar-refractivity contribution is 0.103. The summed E-state index contributed by atoms with van der Waals surface area (Å²) in [5.74, 6) is 0.0405. The van der Waals surface area contributed by atoms with E-state index in [1.54, 1.807) is 0 Å². The molecule has 4 aromatic rings. The van der Waals surface area contributed by atoms with Crippen LogP contribution in [0.25, 0.3) is 22.3 Å². The molecule has 0 aromatic heterocycles. The van der Waals surface area contributed by atoms with E-state index < -0.39 is 0 Å². The second-order valence-electron chi connectivity index (χ2n) is 7.85. The molecule has 0 amide bonds. The molecule has 2 heteroatoms. The lowest BCUT2D eigenvalue weighted by Crippen LogP contribution is -2.22. The lowest BCUT2D eigenvalue weighted by atomic mass is 9.77. The minimum atomic E-state index is 0.0405. The van der Waals surface area contributed by atoms with Crippen LogP contribution in [0.1, 0.15) is 38.2 Å². The van der Waals surface area contributed by atoms with E-state index in [0.717, 1.165) is 38.2 Å². The van der Waals surface area contributed by atoms with Crippen LogP contribution in [-0.4, -0.2) is 10.6 Å². The van der Waals surface area contributed by atoms with Gasteiger partial charge in [0.25, 0.3) is 0 Å². The van der Waals surface area contributed by atoms with Crippen LogP contribution in [-0.2, 0) is 0 Å². The number of ketones is 1. The number of carbonyl (C=O) groups is 1. The molecule has 5 rings (SSSR count). The Balaban J connectivity index is 1.83. The topological polar surface area (TPSA) is 17.1 Å². The van der Waals surface area contributed by atoms with E-state index in [4.69, 9.17) is 12.2 Å². The van der Waals surface area contributed by atoms with Crippen LogP contribution in [0.4, 0.5) is 0 Å². The average molecular weight is 405 g/mol. The average Bonchev–Trinajstić information content (AvgIpc) is 2.78. The van der Waals surface area contributed by atoms with E-state index in [1.807, 2.05) is 24.3 Å². The first-order valence-corrected chi connectivity index (χ1v) is 10.4. The van der Waals surface area contributed by atoms with E-state index in [2.05, 4.69) is 74.5 Å². The Bertz CT molecular complexity index is 1210. The normalized spacial score (nSPS) is 12.5. The second-order valence-corrected chi connectivity index (χ2v) is 8.25. The summed E-state index contributed by atoms with van der Waals surface area (Å²) in [6.45, 7) is 4.14. The van der Waals surface area contributed by atoms with E-state index in [1.165, 1.54) is 11.1 Å². The van der Waals surface area contributed by atoms with Gasteiger partial charge in [-0.15, -0.1) is 0 Å². The van der Waals surface area contributed by atoms with Gasteiger partial charge in [0.05, 0.1) is 4.86 Å². The van der Waals surface area contributed by atoms with Crippen LogP contribution >= 0.6 is 12.2 Å². The van der Waals surface area contributed by atoms with Crippen molar-refractivity contribution in [1.82, 2.24) is 0 Å². The monoisotopic (exact) mass is 404 g/mol. The minimum absolute atomic E-state index is 0.0405. The maximum atomic E-state index is 13.7. The quantitative estimate of drug-likeness (QED) is 0.296. The molecule has 0 N–H and O–H groups in total. The predicted octanol–water partition coefficient (Wildman–Crippen LogP) is 6.95. The molecule has 0 bridgehead atoms. The first-order chi connectivity index (χ1) is 14.5. The van der Waals surface area contributed by atoms with Crippen LogP contribution in [0.2, 0.25) is 0 Å². The van der Waals surface area contributed by atoms with Crippen molar-refractivity contribution in [2.45, 2.75) is 13.8 Å². The summed E-state index contributed by atoms with van der Waals surface area (Å²) >= 11 is 5.96. The Morgan fingerprint density at radius 3 is 1.53 bits per heavy atom. The van der Waals surface area contributed by atoms with Crippen molar-refractivity contribution in [2.75, 3.05) is 0 Å². The van der Waals surface area contributed by atoms with E-state index in [-0.39, 0.29) is 5.78 Å². The van der Waals surface area contributed by atoms with Crippen molar-refractivity contribution in [3.8, 4) is 22.3 Å². The van der Waals surface area contributed by atoms with E-state index in [9.17, 15) is 4.79 Å². The van der Waals surface area contributed by atoms with Crippen LogP contribution in [0.15, 0.2) is 84.9 Å². The summed E-state index contributed by atoms with van der Waals surface area (Å²) < 4.78 is 0. The van der Waals surface area contributed by atoms with E-state index in [0.29, 0.717) is 11.1 Å². The van der Waals surface area contributed by atoms with Gasteiger partial charge in [-0.1, -0.05) is 108 Å². The molecule has 0 unspecified atom stereocenters. The highest BCUT2D eigenvalue weighted by atomic mass is 32.1. The third-order valence-corrected chi connectivity index (χ3v) is 6.22. The van der Waals surface area contributed by atoms with Crippen LogP contribution in [0.3, 0.4) is 0 Å². The summed E-state index contributed by atoms with van der Waals surface area (Å²) in [5.41, 5.74) is 9.55. The molecule has 0 aliphatic heterocycles. The zero-order valence-corrected chi connectivity index (χ0v) is 17.7. The summed E-state index contributed by atoms with van der Waals surface area (Å²) in [5, 5.41) is 0. The zero-order chi connectivity index (χ0) is 20.8. The molecule has 0 heterocycles. The lowest BCUT2D eigenvalue weighted by Gasteiger charge is -2.25. The van der Waals surface area contributed by atoms with Gasteiger partial charge in [-0.05, 0) is 36.1 Å². The number of fused-ring (bicyclic) bond motifs is 2. The molecular formula is C28H20OS. The summed E-state index contributed by atoms with van der Waals surface area (Å²) in [6, 6.07) is 28.5. The highest BCUT2D eigenvalue weighted by Gasteiger charge is 2.31. The molecule has 0 radical (unpaired) electrons. The second kappa shape index (κ2) is 7.16. The summed E-state index contributed by atoms with van der Waals surface area (Å²) in [4.78, 5) is 14.4. The standard InChI is InChI=1S/C28H20OS/c1-17-7-11-19(12-8-17)21-15-16-22(20-13-9-18(2)10-14-20)26-25(21)27(29)23-5-3-4-6-24(23)28(26)30/h3-16H,1-2H3. The molecule has 0 atom stereocenters. The van der Waals surface area contributed by atoms with E-state index >= 15 is 0 Å². The number of rotatable bonds is 2. The van der Waals surface area contributed by atoms with Gasteiger partial charge in [0.2, 0.25) is 0 Å². The summed E-state index contributed by atoms with van der Waals surface area (Å²) in [7, 11) is 0. The molecule has 0 fully saturated rings.